The molecule has 156 valence electrons. The average molecular weight is 393 g/mol. The summed E-state index contributed by atoms with van der Waals surface area (Å²) in [6.07, 6.45) is 1.32. The van der Waals surface area contributed by atoms with Crippen LogP contribution in [0.15, 0.2) is 24.3 Å². The lowest BCUT2D eigenvalue weighted by atomic mass is 10.1. The maximum atomic E-state index is 12.7. The van der Waals surface area contributed by atoms with Crippen LogP contribution in [0.4, 0.5) is 10.5 Å². The standard InChI is InChI=1S/C20H31N3O5/c1-20(2,3)28-19(27)23-16(11-7-13-21)18(26)22-15-10-5-4-8-14(15)9-6-12-17(24)25/h4-5,8,10,16H,6-7,9,11-13,21H2,1-3H3,(H,22,26)(H,23,27)(H,24,25). The van der Waals surface area contributed by atoms with Gasteiger partial charge in [0.2, 0.25) is 5.91 Å². The van der Waals surface area contributed by atoms with Crippen molar-refractivity contribution >= 4 is 23.7 Å². The number of amides is 2. The minimum Gasteiger partial charge on any atom is -0.481 e. The van der Waals surface area contributed by atoms with E-state index in [1.807, 2.05) is 12.1 Å². The predicted octanol–water partition coefficient (Wildman–Crippen LogP) is 2.66. The van der Waals surface area contributed by atoms with E-state index in [9.17, 15) is 14.4 Å². The van der Waals surface area contributed by atoms with Crippen molar-refractivity contribution in [3.8, 4) is 0 Å². The number of carboxylic acid groups (broad SMARTS) is 1. The lowest BCUT2D eigenvalue weighted by Gasteiger charge is -2.23. The zero-order valence-corrected chi connectivity index (χ0v) is 16.8. The Labute approximate surface area is 165 Å². The quantitative estimate of drug-likeness (QED) is 0.483. The fraction of sp³-hybridized carbons (Fsp3) is 0.550. The number of nitrogens with two attached hydrogens (primary N) is 1. The van der Waals surface area contributed by atoms with Gasteiger partial charge in [0.25, 0.3) is 0 Å². The summed E-state index contributed by atoms with van der Waals surface area (Å²) in [7, 11) is 0. The van der Waals surface area contributed by atoms with E-state index in [4.69, 9.17) is 15.6 Å². The lowest BCUT2D eigenvalue weighted by Crippen LogP contribution is -2.46. The number of hydrogen-bond acceptors (Lipinski definition) is 5. The maximum Gasteiger partial charge on any atom is 0.408 e. The van der Waals surface area contributed by atoms with Crippen molar-refractivity contribution in [3.05, 3.63) is 29.8 Å². The van der Waals surface area contributed by atoms with Gasteiger partial charge >= 0.3 is 12.1 Å². The van der Waals surface area contributed by atoms with Gasteiger partial charge in [-0.2, -0.15) is 0 Å². The molecule has 1 atom stereocenters. The van der Waals surface area contributed by atoms with Crippen molar-refractivity contribution in [3.63, 3.8) is 0 Å². The number of aliphatic carboxylic acids is 1. The highest BCUT2D eigenvalue weighted by Gasteiger charge is 2.24. The van der Waals surface area contributed by atoms with Gasteiger partial charge < -0.3 is 26.2 Å². The number of carbonyl (C=O) groups excluding carboxylic acids is 2. The van der Waals surface area contributed by atoms with Crippen LogP contribution in [0.25, 0.3) is 0 Å². The Morgan fingerprint density at radius 3 is 2.46 bits per heavy atom. The number of aryl methyl sites for hydroxylation is 1. The molecule has 5 N–H and O–H groups in total. The Morgan fingerprint density at radius 2 is 1.86 bits per heavy atom. The van der Waals surface area contributed by atoms with Gasteiger partial charge in [-0.25, -0.2) is 4.79 Å². The Kier molecular flexibility index (Phi) is 9.44. The maximum absolute atomic E-state index is 12.7. The van der Waals surface area contributed by atoms with Crippen molar-refractivity contribution in [2.45, 2.75) is 64.5 Å². The van der Waals surface area contributed by atoms with Gasteiger partial charge in [-0.3, -0.25) is 9.59 Å². The molecular weight excluding hydrogens is 362 g/mol. The van der Waals surface area contributed by atoms with Gasteiger partial charge in [0.1, 0.15) is 11.6 Å². The summed E-state index contributed by atoms with van der Waals surface area (Å²) in [6.45, 7) is 5.63. The number of carbonyl (C=O) groups is 3. The van der Waals surface area contributed by atoms with E-state index < -0.39 is 23.7 Å². The van der Waals surface area contributed by atoms with Gasteiger partial charge in [0.15, 0.2) is 0 Å². The molecule has 1 unspecified atom stereocenters. The fourth-order valence-corrected chi connectivity index (χ4v) is 2.55. The third-order valence-corrected chi connectivity index (χ3v) is 3.82. The number of benzene rings is 1. The molecule has 0 bridgehead atoms. The summed E-state index contributed by atoms with van der Waals surface area (Å²) >= 11 is 0. The number of alkyl carbamates (subject to hydrolysis) is 1. The molecule has 0 saturated carbocycles. The molecule has 0 radical (unpaired) electrons. The summed E-state index contributed by atoms with van der Waals surface area (Å²) in [5.41, 5.74) is 6.31. The van der Waals surface area contributed by atoms with Crippen LogP contribution >= 0.6 is 0 Å². The van der Waals surface area contributed by atoms with E-state index >= 15 is 0 Å². The number of para-hydroxylation sites is 1. The van der Waals surface area contributed by atoms with Crippen LogP contribution in [-0.2, 0) is 20.7 Å². The van der Waals surface area contributed by atoms with Gasteiger partial charge in [0, 0.05) is 12.1 Å². The average Bonchev–Trinajstić information content (AvgIpc) is 2.58. The highest BCUT2D eigenvalue weighted by atomic mass is 16.6. The number of hydrogen-bond donors (Lipinski definition) is 4. The van der Waals surface area contributed by atoms with Crippen LogP contribution in [0.5, 0.6) is 0 Å². The Balaban J connectivity index is 2.81. The van der Waals surface area contributed by atoms with Crippen LogP contribution in [0, 0.1) is 0 Å². The molecule has 0 fully saturated rings. The van der Waals surface area contributed by atoms with Crippen LogP contribution in [0.1, 0.15) is 52.0 Å². The minimum absolute atomic E-state index is 0.0571. The largest absolute Gasteiger partial charge is 0.481 e. The Bertz CT molecular complexity index is 670. The van der Waals surface area contributed by atoms with Gasteiger partial charge in [-0.15, -0.1) is 0 Å². The molecule has 0 aliphatic carbocycles. The molecule has 0 aliphatic rings. The minimum atomic E-state index is -0.857. The van der Waals surface area contributed by atoms with Crippen LogP contribution < -0.4 is 16.4 Å². The number of nitrogens with one attached hydrogen (secondary N) is 2. The molecule has 0 aromatic heterocycles. The van der Waals surface area contributed by atoms with Crippen LogP contribution in [0.2, 0.25) is 0 Å². The lowest BCUT2D eigenvalue weighted by molar-refractivity contribution is -0.137. The highest BCUT2D eigenvalue weighted by molar-refractivity contribution is 5.97. The van der Waals surface area contributed by atoms with Crippen molar-refractivity contribution in [1.29, 1.82) is 0 Å². The van der Waals surface area contributed by atoms with Crippen LogP contribution in [0.3, 0.4) is 0 Å². The number of ether oxygens (including phenoxy) is 1. The summed E-state index contributed by atoms with van der Waals surface area (Å²) in [6, 6.07) is 6.42. The normalized spacial score (nSPS) is 12.1. The predicted molar refractivity (Wildman–Crippen MR) is 107 cm³/mol. The molecule has 0 aliphatic heterocycles. The van der Waals surface area contributed by atoms with Crippen molar-refractivity contribution in [2.24, 2.45) is 5.73 Å². The van der Waals surface area contributed by atoms with Gasteiger partial charge in [-0.05, 0) is 64.6 Å². The summed E-state index contributed by atoms with van der Waals surface area (Å²) in [5, 5.41) is 14.2. The molecule has 1 aromatic rings. The summed E-state index contributed by atoms with van der Waals surface area (Å²) in [4.78, 5) is 35.5. The summed E-state index contributed by atoms with van der Waals surface area (Å²) in [5.74, 6) is -1.23. The molecule has 0 saturated heterocycles. The first-order valence-electron chi connectivity index (χ1n) is 9.42. The van der Waals surface area contributed by atoms with Crippen LogP contribution in [-0.4, -0.2) is 41.3 Å². The zero-order chi connectivity index (χ0) is 21.2. The van der Waals surface area contributed by atoms with Gasteiger partial charge in [0.05, 0.1) is 0 Å². The van der Waals surface area contributed by atoms with E-state index in [1.165, 1.54) is 0 Å². The van der Waals surface area contributed by atoms with Crippen molar-refractivity contribution < 1.29 is 24.2 Å². The first-order chi connectivity index (χ1) is 13.1. The third-order valence-electron chi connectivity index (χ3n) is 3.82. The fourth-order valence-electron chi connectivity index (χ4n) is 2.55. The Hall–Kier alpha value is -2.61. The highest BCUT2D eigenvalue weighted by Crippen LogP contribution is 2.18. The molecule has 1 rings (SSSR count). The first kappa shape index (κ1) is 23.4. The first-order valence-corrected chi connectivity index (χ1v) is 9.42. The second kappa shape index (κ2) is 11.3. The molecule has 0 spiro atoms. The summed E-state index contributed by atoms with van der Waals surface area (Å²) < 4.78 is 5.23. The number of carboxylic acids is 1. The molecule has 0 heterocycles. The number of anilines is 1. The van der Waals surface area contributed by atoms with E-state index in [-0.39, 0.29) is 12.3 Å². The molecule has 2 amide bonds. The molecule has 28 heavy (non-hydrogen) atoms. The Morgan fingerprint density at radius 1 is 1.18 bits per heavy atom. The second-order valence-corrected chi connectivity index (χ2v) is 7.52. The SMILES string of the molecule is CC(C)(C)OC(=O)NC(CCCN)C(=O)Nc1ccccc1CCCC(=O)O. The van der Waals surface area contributed by atoms with E-state index in [1.54, 1.807) is 32.9 Å². The monoisotopic (exact) mass is 393 g/mol. The van der Waals surface area contributed by atoms with E-state index in [0.29, 0.717) is 37.9 Å². The second-order valence-electron chi connectivity index (χ2n) is 7.52. The van der Waals surface area contributed by atoms with Gasteiger partial charge in [-0.1, -0.05) is 18.2 Å². The topological polar surface area (TPSA) is 131 Å². The zero-order valence-electron chi connectivity index (χ0n) is 16.8. The van der Waals surface area contributed by atoms with Crippen molar-refractivity contribution in [2.75, 3.05) is 11.9 Å². The number of rotatable bonds is 10. The van der Waals surface area contributed by atoms with E-state index in [0.717, 1.165) is 5.56 Å². The molecule has 8 nitrogen and oxygen atoms in total. The molecular formula is C20H31N3O5. The van der Waals surface area contributed by atoms with Crippen molar-refractivity contribution in [1.82, 2.24) is 5.32 Å². The third kappa shape index (κ3) is 9.36. The van der Waals surface area contributed by atoms with E-state index in [2.05, 4.69) is 10.6 Å². The molecule has 8 heteroatoms. The smallest absolute Gasteiger partial charge is 0.408 e. The molecule has 1 aromatic carbocycles.